The molecular weight excluding hydrogens is 481 g/mol. The van der Waals surface area contributed by atoms with E-state index in [1.165, 1.54) is 18.2 Å². The highest BCUT2D eigenvalue weighted by Crippen LogP contribution is 2.56. The quantitative estimate of drug-likeness (QED) is 0.506. The third-order valence-electron chi connectivity index (χ3n) is 8.59. The summed E-state index contributed by atoms with van der Waals surface area (Å²) >= 11 is 0. The zero-order valence-electron chi connectivity index (χ0n) is 21.4. The zero-order chi connectivity index (χ0) is 26.3. The minimum Gasteiger partial charge on any atom is -0.381 e. The fourth-order valence-corrected chi connectivity index (χ4v) is 5.90. The Kier molecular flexibility index (Phi) is 7.09. The van der Waals surface area contributed by atoms with Gasteiger partial charge in [-0.1, -0.05) is 24.6 Å². The maximum absolute atomic E-state index is 14.8. The summed E-state index contributed by atoms with van der Waals surface area (Å²) in [7, 11) is 2.06. The van der Waals surface area contributed by atoms with E-state index < -0.39 is 29.8 Å². The lowest BCUT2D eigenvalue weighted by atomic mass is 9.77. The fraction of sp³-hybridized carbons (Fsp3) is 0.571. The van der Waals surface area contributed by atoms with Crippen molar-refractivity contribution in [1.29, 1.82) is 0 Å². The van der Waals surface area contributed by atoms with Gasteiger partial charge in [-0.2, -0.15) is 0 Å². The predicted octanol–water partition coefficient (Wildman–Crippen LogP) is 5.21. The van der Waals surface area contributed by atoms with Gasteiger partial charge in [-0.05, 0) is 71.5 Å². The number of aromatic nitrogens is 1. The van der Waals surface area contributed by atoms with Crippen molar-refractivity contribution in [3.05, 3.63) is 63.3 Å². The smallest absolute Gasteiger partial charge is 0.266 e. The van der Waals surface area contributed by atoms with Crippen molar-refractivity contribution < 1.29 is 18.0 Å². The predicted molar refractivity (Wildman–Crippen MR) is 137 cm³/mol. The molecule has 1 unspecified atom stereocenters. The molecule has 0 spiro atoms. The van der Waals surface area contributed by atoms with Crippen molar-refractivity contribution >= 4 is 11.6 Å². The molecule has 5 rings (SSSR count). The van der Waals surface area contributed by atoms with Gasteiger partial charge in [0.15, 0.2) is 0 Å². The molecule has 2 N–H and O–H groups in total. The number of carbonyl (C=O) groups excluding carboxylic acids is 1. The number of alkyl halides is 2. The number of hydrogen-bond acceptors (Lipinski definition) is 4. The Morgan fingerprint density at radius 3 is 2.38 bits per heavy atom. The van der Waals surface area contributed by atoms with Crippen molar-refractivity contribution in [1.82, 2.24) is 14.8 Å². The molecule has 200 valence electrons. The van der Waals surface area contributed by atoms with Crippen LogP contribution in [-0.4, -0.2) is 41.6 Å². The molecule has 2 aliphatic carbocycles. The number of nitrogens with one attached hydrogen (secondary N) is 2. The lowest BCUT2D eigenvalue weighted by Gasteiger charge is -2.36. The van der Waals surface area contributed by atoms with Crippen LogP contribution >= 0.6 is 0 Å². The van der Waals surface area contributed by atoms with E-state index in [0.29, 0.717) is 17.2 Å². The van der Waals surface area contributed by atoms with Gasteiger partial charge in [0.05, 0.1) is 28.4 Å². The summed E-state index contributed by atoms with van der Waals surface area (Å²) in [5.74, 6) is -1.04. The summed E-state index contributed by atoms with van der Waals surface area (Å²) in [6.07, 6.45) is 5.65. The molecule has 2 heterocycles. The molecule has 2 aromatic rings. The van der Waals surface area contributed by atoms with Crippen LogP contribution in [-0.2, 0) is 5.54 Å². The van der Waals surface area contributed by atoms with Crippen LogP contribution in [0.25, 0.3) is 0 Å². The number of piperidine rings is 1. The second-order valence-corrected chi connectivity index (χ2v) is 11.0. The molecular formula is C28H35F3N4O2. The second kappa shape index (κ2) is 10.2. The molecule has 1 aromatic heterocycles. The molecule has 0 bridgehead atoms. The maximum Gasteiger partial charge on any atom is 0.266 e. The highest BCUT2D eigenvalue weighted by molar-refractivity contribution is 5.99. The average Bonchev–Trinajstić information content (AvgIpc) is 3.60. The molecule has 1 aliphatic heterocycles. The van der Waals surface area contributed by atoms with Crippen molar-refractivity contribution in [2.75, 3.05) is 25.5 Å². The van der Waals surface area contributed by atoms with E-state index in [9.17, 15) is 22.8 Å². The van der Waals surface area contributed by atoms with Crippen LogP contribution in [0.5, 0.6) is 0 Å². The Bertz CT molecular complexity index is 1210. The van der Waals surface area contributed by atoms with Gasteiger partial charge in [0, 0.05) is 23.9 Å². The topological polar surface area (TPSA) is 66.4 Å². The number of pyridine rings is 1. The van der Waals surface area contributed by atoms with Gasteiger partial charge in [0.2, 0.25) is 0 Å². The van der Waals surface area contributed by atoms with E-state index in [2.05, 4.69) is 22.6 Å². The van der Waals surface area contributed by atoms with Crippen LogP contribution in [0.3, 0.4) is 0 Å². The number of nitrogens with zero attached hydrogens (tertiary/aromatic N) is 2. The normalized spacial score (nSPS) is 20.9. The highest BCUT2D eigenvalue weighted by Gasteiger charge is 2.53. The van der Waals surface area contributed by atoms with E-state index >= 15 is 0 Å². The second-order valence-electron chi connectivity index (χ2n) is 11.0. The van der Waals surface area contributed by atoms with Crippen LogP contribution in [0.1, 0.15) is 85.8 Å². The van der Waals surface area contributed by atoms with Crippen LogP contribution in [0.4, 0.5) is 18.9 Å². The number of anilines is 1. The largest absolute Gasteiger partial charge is 0.381 e. The Hall–Kier alpha value is -2.81. The molecule has 2 saturated carbocycles. The lowest BCUT2D eigenvalue weighted by Crippen LogP contribution is -2.41. The van der Waals surface area contributed by atoms with E-state index in [0.717, 1.165) is 64.1 Å². The summed E-state index contributed by atoms with van der Waals surface area (Å²) < 4.78 is 43.0. The number of likely N-dealkylation sites (tertiary alicyclic amines) is 1. The van der Waals surface area contributed by atoms with Crippen molar-refractivity contribution in [3.63, 3.8) is 0 Å². The molecule has 1 atom stereocenters. The van der Waals surface area contributed by atoms with Gasteiger partial charge in [-0.25, -0.2) is 13.2 Å². The Labute approximate surface area is 215 Å². The number of benzene rings is 1. The summed E-state index contributed by atoms with van der Waals surface area (Å²) in [5, 5.41) is 6.21. The number of hydrogen-bond donors (Lipinski definition) is 2. The molecule has 1 aromatic carbocycles. The Morgan fingerprint density at radius 1 is 1.11 bits per heavy atom. The molecule has 3 fully saturated rings. The van der Waals surface area contributed by atoms with Gasteiger partial charge in [-0.3, -0.25) is 9.59 Å². The number of rotatable bonds is 8. The van der Waals surface area contributed by atoms with E-state index in [4.69, 9.17) is 0 Å². The highest BCUT2D eigenvalue weighted by atomic mass is 19.3. The number of amides is 1. The minimum atomic E-state index is -2.95. The fourth-order valence-electron chi connectivity index (χ4n) is 5.90. The first-order chi connectivity index (χ1) is 17.7. The molecule has 6 nitrogen and oxygen atoms in total. The number of halogens is 3. The Balaban J connectivity index is 1.46. The molecule has 1 saturated heterocycles. The SMILES string of the molecule is CC(NC(=O)c1cn(C2(C3CCC3)CC2)c(=O)cc1NC1CCN(C)CC1)c1cccc(C(F)F)c1F. The van der Waals surface area contributed by atoms with Crippen molar-refractivity contribution in [3.8, 4) is 0 Å². The number of carbonyl (C=O) groups is 1. The van der Waals surface area contributed by atoms with Crippen LogP contribution in [0.15, 0.2) is 35.3 Å². The maximum atomic E-state index is 14.8. The molecule has 1 amide bonds. The van der Waals surface area contributed by atoms with Gasteiger partial charge in [0.25, 0.3) is 17.9 Å². The molecule has 0 radical (unpaired) electrons. The third kappa shape index (κ3) is 5.02. The van der Waals surface area contributed by atoms with Crippen LogP contribution in [0.2, 0.25) is 0 Å². The van der Waals surface area contributed by atoms with Crippen LogP contribution < -0.4 is 16.2 Å². The Morgan fingerprint density at radius 2 is 1.78 bits per heavy atom. The van der Waals surface area contributed by atoms with Gasteiger partial charge < -0.3 is 20.1 Å². The monoisotopic (exact) mass is 516 g/mol. The van der Waals surface area contributed by atoms with E-state index in [-0.39, 0.29) is 22.7 Å². The molecule has 37 heavy (non-hydrogen) atoms. The van der Waals surface area contributed by atoms with Crippen molar-refractivity contribution in [2.45, 2.75) is 75.9 Å². The standard InChI is InChI=1S/C28H35F3N4O2/c1-17(20-7-4-8-21(25(20)29)26(30)31)32-27(37)22-16-35(28(11-12-28)18-5-3-6-18)24(36)15-23(22)33-19-9-13-34(2)14-10-19/h4,7-8,15-19,26,33H,3,5-6,9-14H2,1-2H3,(H,32,37). The first kappa shape index (κ1) is 25.8. The molecule has 3 aliphatic rings. The third-order valence-corrected chi connectivity index (χ3v) is 8.59. The van der Waals surface area contributed by atoms with Gasteiger partial charge >= 0.3 is 0 Å². The summed E-state index contributed by atoms with van der Waals surface area (Å²) in [6, 6.07) is 4.62. The zero-order valence-corrected chi connectivity index (χ0v) is 21.4. The first-order valence-corrected chi connectivity index (χ1v) is 13.3. The van der Waals surface area contributed by atoms with Gasteiger partial charge in [0.1, 0.15) is 5.82 Å². The van der Waals surface area contributed by atoms with Crippen molar-refractivity contribution in [2.24, 2.45) is 5.92 Å². The van der Waals surface area contributed by atoms with E-state index in [1.54, 1.807) is 17.7 Å². The lowest BCUT2D eigenvalue weighted by molar-refractivity contribution is 0.0938. The first-order valence-electron chi connectivity index (χ1n) is 13.3. The summed E-state index contributed by atoms with van der Waals surface area (Å²) in [4.78, 5) is 29.1. The van der Waals surface area contributed by atoms with Crippen LogP contribution in [0, 0.1) is 11.7 Å². The minimum absolute atomic E-state index is 0.00238. The molecule has 9 heteroatoms. The summed E-state index contributed by atoms with van der Waals surface area (Å²) in [6.45, 7) is 3.40. The average molecular weight is 517 g/mol. The van der Waals surface area contributed by atoms with Gasteiger partial charge in [-0.15, -0.1) is 0 Å². The van der Waals surface area contributed by atoms with E-state index in [1.807, 2.05) is 0 Å². The summed E-state index contributed by atoms with van der Waals surface area (Å²) in [5.41, 5.74) is -0.252.